The third kappa shape index (κ3) is 4.41. The fourth-order valence-electron chi connectivity index (χ4n) is 3.06. The number of amides is 1. The van der Waals surface area contributed by atoms with Gasteiger partial charge in [0.25, 0.3) is 5.91 Å². The molecule has 0 unspecified atom stereocenters. The van der Waals surface area contributed by atoms with E-state index >= 15 is 0 Å². The molecule has 3 aromatic rings. The van der Waals surface area contributed by atoms with Crippen molar-refractivity contribution in [1.29, 1.82) is 0 Å². The second-order valence-electron chi connectivity index (χ2n) is 6.43. The smallest absolute Gasteiger partial charge is 0.257 e. The summed E-state index contributed by atoms with van der Waals surface area (Å²) in [5.74, 6) is -0.140. The molecule has 140 valence electrons. The van der Waals surface area contributed by atoms with E-state index in [1.54, 1.807) is 28.2 Å². The summed E-state index contributed by atoms with van der Waals surface area (Å²) >= 11 is 0. The number of aromatic nitrogens is 3. The summed E-state index contributed by atoms with van der Waals surface area (Å²) in [4.78, 5) is 18.9. The van der Waals surface area contributed by atoms with Gasteiger partial charge in [-0.2, -0.15) is 5.10 Å². The van der Waals surface area contributed by atoms with Crippen LogP contribution in [-0.4, -0.2) is 37.2 Å². The molecule has 0 fully saturated rings. The van der Waals surface area contributed by atoms with Crippen LogP contribution in [0.2, 0.25) is 0 Å². The first kappa shape index (κ1) is 18.8. The molecule has 0 spiro atoms. The largest absolute Gasteiger partial charge is 0.387 e. The molecular weight excluding hydrogens is 340 g/mol. The first-order chi connectivity index (χ1) is 13.1. The van der Waals surface area contributed by atoms with E-state index in [0.717, 1.165) is 16.8 Å². The quantitative estimate of drug-likeness (QED) is 0.700. The minimum atomic E-state index is -0.765. The molecule has 0 radical (unpaired) electrons. The molecule has 0 saturated heterocycles. The third-order valence-electron chi connectivity index (χ3n) is 4.62. The molecule has 2 heterocycles. The van der Waals surface area contributed by atoms with Gasteiger partial charge >= 0.3 is 0 Å². The van der Waals surface area contributed by atoms with Crippen molar-refractivity contribution in [2.24, 2.45) is 0 Å². The number of pyridine rings is 1. The maximum absolute atomic E-state index is 13.2. The van der Waals surface area contributed by atoms with Crippen LogP contribution in [0.5, 0.6) is 0 Å². The first-order valence-electron chi connectivity index (χ1n) is 9.03. The normalized spacial score (nSPS) is 12.0. The molecule has 6 heteroatoms. The molecule has 0 saturated carbocycles. The molecule has 2 aromatic heterocycles. The van der Waals surface area contributed by atoms with Gasteiger partial charge in [-0.15, -0.1) is 0 Å². The maximum Gasteiger partial charge on any atom is 0.257 e. The Kier molecular flexibility index (Phi) is 5.98. The lowest BCUT2D eigenvalue weighted by atomic mass is 10.1. The van der Waals surface area contributed by atoms with Crippen molar-refractivity contribution in [3.63, 3.8) is 0 Å². The molecule has 1 amide bonds. The van der Waals surface area contributed by atoms with Crippen molar-refractivity contribution >= 4 is 5.91 Å². The van der Waals surface area contributed by atoms with Crippen LogP contribution in [0.25, 0.3) is 0 Å². The van der Waals surface area contributed by atoms with Gasteiger partial charge in [0.15, 0.2) is 0 Å². The van der Waals surface area contributed by atoms with Crippen molar-refractivity contribution in [1.82, 2.24) is 19.7 Å². The SMILES string of the molecule is CCn1ncc(C(=O)N(Cc2ccncc2)C[C@H](O)c2ccccc2)c1C. The van der Waals surface area contributed by atoms with E-state index in [9.17, 15) is 9.90 Å². The molecule has 27 heavy (non-hydrogen) atoms. The number of benzene rings is 1. The van der Waals surface area contributed by atoms with Crippen LogP contribution >= 0.6 is 0 Å². The Morgan fingerprint density at radius 2 is 1.89 bits per heavy atom. The summed E-state index contributed by atoms with van der Waals surface area (Å²) in [5.41, 5.74) is 3.13. The van der Waals surface area contributed by atoms with Crippen molar-refractivity contribution in [2.75, 3.05) is 6.54 Å². The Hall–Kier alpha value is -2.99. The van der Waals surface area contributed by atoms with Gasteiger partial charge in [0.2, 0.25) is 0 Å². The zero-order chi connectivity index (χ0) is 19.2. The van der Waals surface area contributed by atoms with E-state index in [-0.39, 0.29) is 12.5 Å². The molecule has 1 aromatic carbocycles. The van der Waals surface area contributed by atoms with Crippen LogP contribution in [0.1, 0.15) is 40.2 Å². The Balaban J connectivity index is 1.86. The lowest BCUT2D eigenvalue weighted by Gasteiger charge is -2.25. The predicted octanol–water partition coefficient (Wildman–Crippen LogP) is 2.98. The highest BCUT2D eigenvalue weighted by atomic mass is 16.3. The monoisotopic (exact) mass is 364 g/mol. The van der Waals surface area contributed by atoms with Crippen molar-refractivity contribution in [3.05, 3.63) is 83.4 Å². The van der Waals surface area contributed by atoms with Gasteiger partial charge in [-0.3, -0.25) is 14.5 Å². The summed E-state index contributed by atoms with van der Waals surface area (Å²) in [5, 5.41) is 14.9. The molecule has 0 aliphatic heterocycles. The maximum atomic E-state index is 13.2. The number of aliphatic hydroxyl groups is 1. The van der Waals surface area contributed by atoms with Gasteiger partial charge in [-0.1, -0.05) is 30.3 Å². The summed E-state index contributed by atoms with van der Waals surface area (Å²) in [6, 6.07) is 13.1. The van der Waals surface area contributed by atoms with Crippen LogP contribution in [-0.2, 0) is 13.1 Å². The second-order valence-corrected chi connectivity index (χ2v) is 6.43. The lowest BCUT2D eigenvalue weighted by Crippen LogP contribution is -2.34. The fourth-order valence-corrected chi connectivity index (χ4v) is 3.06. The molecule has 3 rings (SSSR count). The Labute approximate surface area is 159 Å². The van der Waals surface area contributed by atoms with Gasteiger partial charge in [-0.05, 0) is 37.1 Å². The number of hydrogen-bond donors (Lipinski definition) is 1. The second kappa shape index (κ2) is 8.60. The summed E-state index contributed by atoms with van der Waals surface area (Å²) in [6.07, 6.45) is 4.24. The zero-order valence-electron chi connectivity index (χ0n) is 15.6. The highest BCUT2D eigenvalue weighted by Gasteiger charge is 2.23. The number of carbonyl (C=O) groups is 1. The first-order valence-corrected chi connectivity index (χ1v) is 9.03. The lowest BCUT2D eigenvalue weighted by molar-refractivity contribution is 0.0603. The fraction of sp³-hybridized carbons (Fsp3) is 0.286. The number of nitrogens with zero attached hydrogens (tertiary/aromatic N) is 4. The number of rotatable bonds is 7. The molecule has 0 aliphatic carbocycles. The van der Waals surface area contributed by atoms with Crippen LogP contribution in [0.15, 0.2) is 61.1 Å². The predicted molar refractivity (Wildman–Crippen MR) is 103 cm³/mol. The van der Waals surface area contributed by atoms with Crippen molar-refractivity contribution in [3.8, 4) is 0 Å². The summed E-state index contributed by atoms with van der Waals surface area (Å²) < 4.78 is 1.80. The number of aliphatic hydroxyl groups excluding tert-OH is 1. The van der Waals surface area contributed by atoms with Gasteiger partial charge in [0.1, 0.15) is 0 Å². The standard InChI is InChI=1S/C21H24N4O2/c1-3-25-16(2)19(13-23-25)21(27)24(14-17-9-11-22-12-10-17)15-20(26)18-7-5-4-6-8-18/h4-13,20,26H,3,14-15H2,1-2H3/t20-/m0/s1. The Morgan fingerprint density at radius 1 is 1.19 bits per heavy atom. The van der Waals surface area contributed by atoms with E-state index in [1.807, 2.05) is 56.3 Å². The number of hydrogen-bond acceptors (Lipinski definition) is 4. The van der Waals surface area contributed by atoms with E-state index in [0.29, 0.717) is 18.7 Å². The van der Waals surface area contributed by atoms with E-state index in [1.165, 1.54) is 0 Å². The molecular formula is C21H24N4O2. The highest BCUT2D eigenvalue weighted by molar-refractivity contribution is 5.95. The minimum absolute atomic E-state index is 0.140. The van der Waals surface area contributed by atoms with E-state index in [2.05, 4.69) is 10.1 Å². The van der Waals surface area contributed by atoms with Crippen LogP contribution in [0.3, 0.4) is 0 Å². The molecule has 1 N–H and O–H groups in total. The van der Waals surface area contributed by atoms with Gasteiger partial charge in [0.05, 0.1) is 24.4 Å². The van der Waals surface area contributed by atoms with Crippen LogP contribution in [0, 0.1) is 6.92 Å². The average Bonchev–Trinajstić information content (AvgIpc) is 3.08. The molecule has 1 atom stereocenters. The average molecular weight is 364 g/mol. The number of carbonyl (C=O) groups excluding carboxylic acids is 1. The zero-order valence-corrected chi connectivity index (χ0v) is 15.6. The summed E-state index contributed by atoms with van der Waals surface area (Å²) in [7, 11) is 0. The van der Waals surface area contributed by atoms with Gasteiger partial charge in [0, 0.05) is 31.2 Å². The third-order valence-corrected chi connectivity index (χ3v) is 4.62. The molecule has 0 bridgehead atoms. The van der Waals surface area contributed by atoms with E-state index < -0.39 is 6.10 Å². The molecule has 0 aliphatic rings. The minimum Gasteiger partial charge on any atom is -0.387 e. The number of aryl methyl sites for hydroxylation is 1. The Morgan fingerprint density at radius 3 is 2.52 bits per heavy atom. The van der Waals surface area contributed by atoms with E-state index in [4.69, 9.17) is 0 Å². The Bertz CT molecular complexity index is 878. The van der Waals surface area contributed by atoms with Gasteiger partial charge < -0.3 is 10.0 Å². The van der Waals surface area contributed by atoms with Gasteiger partial charge in [-0.25, -0.2) is 0 Å². The van der Waals surface area contributed by atoms with Crippen LogP contribution in [0.4, 0.5) is 0 Å². The van der Waals surface area contributed by atoms with Crippen molar-refractivity contribution < 1.29 is 9.90 Å². The van der Waals surface area contributed by atoms with Crippen LogP contribution < -0.4 is 0 Å². The topological polar surface area (TPSA) is 71.2 Å². The highest BCUT2D eigenvalue weighted by Crippen LogP contribution is 2.19. The van der Waals surface area contributed by atoms with Crippen molar-refractivity contribution in [2.45, 2.75) is 33.0 Å². The summed E-state index contributed by atoms with van der Waals surface area (Å²) in [6.45, 7) is 5.17. The molecule has 6 nitrogen and oxygen atoms in total.